The molecule has 0 fully saturated rings. The minimum Gasteiger partial charge on any atom is -0.339 e. The van der Waals surface area contributed by atoms with Crippen LogP contribution < -0.4 is 10.6 Å². The summed E-state index contributed by atoms with van der Waals surface area (Å²) in [5.41, 5.74) is 1.57. The summed E-state index contributed by atoms with van der Waals surface area (Å²) in [5.74, 6) is 0.460. The summed E-state index contributed by atoms with van der Waals surface area (Å²) in [6.45, 7) is 1.47. The molecular weight excluding hydrogens is 250 g/mol. The fourth-order valence-corrected chi connectivity index (χ4v) is 1.51. The molecule has 1 aromatic carbocycles. The molecule has 92 valence electrons. The number of aromatic amines is 1. The summed E-state index contributed by atoms with van der Waals surface area (Å²) in [7, 11) is 0. The number of hydrogen-bond donors (Lipinski definition) is 3. The summed E-state index contributed by atoms with van der Waals surface area (Å²) in [6.07, 6.45) is 1.54. The average molecular weight is 261 g/mol. The molecule has 0 spiro atoms. The monoisotopic (exact) mass is 261 g/mol. The van der Waals surface area contributed by atoms with Crippen LogP contribution in [0, 0.1) is 4.77 Å². The Morgan fingerprint density at radius 3 is 2.56 bits per heavy atom. The largest absolute Gasteiger partial charge is 0.339 e. The molecule has 0 aliphatic rings. The smallest absolute Gasteiger partial charge is 0.221 e. The Morgan fingerprint density at radius 2 is 1.94 bits per heavy atom. The third-order valence-corrected chi connectivity index (χ3v) is 2.23. The van der Waals surface area contributed by atoms with E-state index in [0.29, 0.717) is 10.6 Å². The molecule has 0 saturated heterocycles. The molecule has 7 heteroatoms. The molecule has 1 aromatic heterocycles. The molecule has 0 radical (unpaired) electrons. The van der Waals surface area contributed by atoms with Gasteiger partial charge in [0.1, 0.15) is 0 Å². The van der Waals surface area contributed by atoms with Crippen molar-refractivity contribution in [1.29, 1.82) is 0 Å². The van der Waals surface area contributed by atoms with Crippen LogP contribution in [0.4, 0.5) is 17.2 Å². The number of benzene rings is 1. The molecule has 1 heterocycles. The minimum atomic E-state index is -0.101. The van der Waals surface area contributed by atoms with Gasteiger partial charge in [-0.1, -0.05) is 0 Å². The molecule has 0 aliphatic carbocycles. The summed E-state index contributed by atoms with van der Waals surface area (Å²) < 4.78 is 0.315. The molecule has 1 amide bonds. The Balaban J connectivity index is 2.11. The number of aromatic nitrogens is 3. The van der Waals surface area contributed by atoms with Crippen LogP contribution >= 0.6 is 12.2 Å². The molecule has 0 atom stereocenters. The van der Waals surface area contributed by atoms with Crippen molar-refractivity contribution in [2.45, 2.75) is 6.92 Å². The molecule has 3 N–H and O–H groups in total. The zero-order valence-electron chi connectivity index (χ0n) is 9.60. The van der Waals surface area contributed by atoms with Crippen molar-refractivity contribution in [3.05, 3.63) is 35.2 Å². The first-order valence-corrected chi connectivity index (χ1v) is 5.61. The highest BCUT2D eigenvalue weighted by molar-refractivity contribution is 7.71. The Morgan fingerprint density at radius 1 is 1.28 bits per heavy atom. The summed E-state index contributed by atoms with van der Waals surface area (Å²) in [6, 6.07) is 7.24. The van der Waals surface area contributed by atoms with Gasteiger partial charge >= 0.3 is 0 Å². The van der Waals surface area contributed by atoms with Gasteiger partial charge in [0.25, 0.3) is 0 Å². The number of H-pyrrole nitrogens is 1. The van der Waals surface area contributed by atoms with E-state index in [9.17, 15) is 4.79 Å². The number of carbonyl (C=O) groups is 1. The number of nitrogens with one attached hydrogen (secondary N) is 3. The van der Waals surface area contributed by atoms with Gasteiger partial charge in [-0.05, 0) is 36.5 Å². The van der Waals surface area contributed by atoms with E-state index >= 15 is 0 Å². The zero-order valence-corrected chi connectivity index (χ0v) is 10.4. The van der Waals surface area contributed by atoms with E-state index in [-0.39, 0.29) is 5.91 Å². The van der Waals surface area contributed by atoms with Crippen molar-refractivity contribution in [2.75, 3.05) is 10.6 Å². The average Bonchev–Trinajstić information content (AvgIpc) is 2.31. The van der Waals surface area contributed by atoms with E-state index in [4.69, 9.17) is 12.2 Å². The summed E-state index contributed by atoms with van der Waals surface area (Å²) >= 11 is 4.87. The lowest BCUT2D eigenvalue weighted by Gasteiger charge is -2.06. The van der Waals surface area contributed by atoms with Gasteiger partial charge in [-0.2, -0.15) is 10.1 Å². The lowest BCUT2D eigenvalue weighted by Crippen LogP contribution is -2.05. The standard InChI is InChI=1S/C11H11N5OS/c1-7(17)13-8-2-4-9(5-3-8)14-10-6-12-16-11(18)15-10/h2-6H,1H3,(H,13,17)(H2,14,15,16,18). The zero-order chi connectivity index (χ0) is 13.0. The second-order valence-corrected chi connectivity index (χ2v) is 3.94. The van der Waals surface area contributed by atoms with Crippen molar-refractivity contribution in [2.24, 2.45) is 0 Å². The molecule has 2 aromatic rings. The highest BCUT2D eigenvalue weighted by Gasteiger charge is 1.98. The third kappa shape index (κ3) is 3.36. The Labute approximate surface area is 108 Å². The van der Waals surface area contributed by atoms with Crippen LogP contribution in [-0.2, 0) is 4.79 Å². The lowest BCUT2D eigenvalue weighted by atomic mass is 10.3. The van der Waals surface area contributed by atoms with E-state index in [1.54, 1.807) is 12.1 Å². The van der Waals surface area contributed by atoms with Crippen LogP contribution in [-0.4, -0.2) is 21.1 Å². The Hall–Kier alpha value is -2.28. The van der Waals surface area contributed by atoms with Gasteiger partial charge in [0, 0.05) is 18.3 Å². The molecule has 0 bridgehead atoms. The van der Waals surface area contributed by atoms with Gasteiger partial charge in [0.15, 0.2) is 5.82 Å². The first-order chi connectivity index (χ1) is 8.63. The van der Waals surface area contributed by atoms with Crippen molar-refractivity contribution in [1.82, 2.24) is 15.2 Å². The topological polar surface area (TPSA) is 82.7 Å². The first-order valence-electron chi connectivity index (χ1n) is 5.20. The van der Waals surface area contributed by atoms with Crippen LogP contribution in [0.3, 0.4) is 0 Å². The van der Waals surface area contributed by atoms with Crippen molar-refractivity contribution in [3.8, 4) is 0 Å². The third-order valence-electron chi connectivity index (χ3n) is 2.05. The number of carbonyl (C=O) groups excluding carboxylic acids is 1. The van der Waals surface area contributed by atoms with Crippen LogP contribution in [0.1, 0.15) is 6.92 Å². The maximum atomic E-state index is 10.9. The highest BCUT2D eigenvalue weighted by atomic mass is 32.1. The van der Waals surface area contributed by atoms with Crippen LogP contribution in [0.5, 0.6) is 0 Å². The predicted octanol–water partition coefficient (Wildman–Crippen LogP) is 2.24. The van der Waals surface area contributed by atoms with E-state index in [0.717, 1.165) is 11.4 Å². The summed E-state index contributed by atoms with van der Waals surface area (Å²) in [4.78, 5) is 14.9. The lowest BCUT2D eigenvalue weighted by molar-refractivity contribution is -0.114. The molecule has 6 nitrogen and oxygen atoms in total. The molecule has 18 heavy (non-hydrogen) atoms. The SMILES string of the molecule is CC(=O)Nc1ccc(Nc2cn[nH]c(=S)n2)cc1. The van der Waals surface area contributed by atoms with Gasteiger partial charge in [0.05, 0.1) is 6.20 Å². The fraction of sp³-hybridized carbons (Fsp3) is 0.0909. The maximum Gasteiger partial charge on any atom is 0.221 e. The highest BCUT2D eigenvalue weighted by Crippen LogP contribution is 2.16. The maximum absolute atomic E-state index is 10.9. The molecule has 0 saturated carbocycles. The Kier molecular flexibility index (Phi) is 3.63. The van der Waals surface area contributed by atoms with E-state index in [1.165, 1.54) is 13.1 Å². The van der Waals surface area contributed by atoms with E-state index in [1.807, 2.05) is 12.1 Å². The predicted molar refractivity (Wildman–Crippen MR) is 71.2 cm³/mol. The molecule has 2 rings (SSSR count). The number of nitrogens with zero attached hydrogens (tertiary/aromatic N) is 2. The second-order valence-electron chi connectivity index (χ2n) is 3.56. The number of hydrogen-bond acceptors (Lipinski definition) is 5. The van der Waals surface area contributed by atoms with Crippen LogP contribution in [0.25, 0.3) is 0 Å². The van der Waals surface area contributed by atoms with Gasteiger partial charge in [-0.25, -0.2) is 0 Å². The molecule has 0 aliphatic heterocycles. The fourth-order valence-electron chi connectivity index (χ4n) is 1.36. The van der Waals surface area contributed by atoms with Crippen LogP contribution in [0.2, 0.25) is 0 Å². The first kappa shape index (κ1) is 12.2. The second kappa shape index (κ2) is 5.37. The number of amides is 1. The van der Waals surface area contributed by atoms with Gasteiger partial charge < -0.3 is 10.6 Å². The van der Waals surface area contributed by atoms with Crippen molar-refractivity contribution < 1.29 is 4.79 Å². The van der Waals surface area contributed by atoms with Crippen molar-refractivity contribution in [3.63, 3.8) is 0 Å². The quantitative estimate of drug-likeness (QED) is 0.738. The minimum absolute atomic E-state index is 0.101. The molecular formula is C11H11N5OS. The number of rotatable bonds is 3. The van der Waals surface area contributed by atoms with Gasteiger partial charge in [-0.15, -0.1) is 0 Å². The van der Waals surface area contributed by atoms with E-state index < -0.39 is 0 Å². The van der Waals surface area contributed by atoms with Crippen LogP contribution in [0.15, 0.2) is 30.5 Å². The molecule has 0 unspecified atom stereocenters. The summed E-state index contributed by atoms with van der Waals surface area (Å²) in [5, 5.41) is 12.1. The normalized spacial score (nSPS) is 9.83. The number of anilines is 3. The van der Waals surface area contributed by atoms with E-state index in [2.05, 4.69) is 25.8 Å². The van der Waals surface area contributed by atoms with Crippen molar-refractivity contribution >= 4 is 35.3 Å². The van der Waals surface area contributed by atoms with Gasteiger partial charge in [0.2, 0.25) is 10.7 Å². The Bertz CT molecular complexity index is 607. The van der Waals surface area contributed by atoms with Gasteiger partial charge in [-0.3, -0.25) is 9.89 Å².